The maximum Gasteiger partial charge on any atom is 0.0733 e. The van der Waals surface area contributed by atoms with Crippen LogP contribution in [0.2, 0.25) is 0 Å². The van der Waals surface area contributed by atoms with Gasteiger partial charge in [-0.1, -0.05) is 36.4 Å². The Morgan fingerprint density at radius 1 is 1.00 bits per heavy atom. The third-order valence-corrected chi connectivity index (χ3v) is 4.36. The Kier molecular flexibility index (Phi) is 4.00. The lowest BCUT2D eigenvalue weighted by atomic mass is 10.1. The van der Waals surface area contributed by atoms with Gasteiger partial charge in [0.05, 0.1) is 6.61 Å². The van der Waals surface area contributed by atoms with Gasteiger partial charge in [0.15, 0.2) is 0 Å². The molecule has 0 aliphatic rings. The number of benzene rings is 2. The number of anilines is 1. The van der Waals surface area contributed by atoms with E-state index in [1.54, 1.807) is 18.4 Å². The molecule has 0 aliphatic carbocycles. The van der Waals surface area contributed by atoms with Crippen molar-refractivity contribution in [1.82, 2.24) is 0 Å². The van der Waals surface area contributed by atoms with Crippen LogP contribution in [-0.2, 0) is 17.9 Å². The molecule has 0 atom stereocenters. The quantitative estimate of drug-likeness (QED) is 0.735. The van der Waals surface area contributed by atoms with E-state index in [-0.39, 0.29) is 0 Å². The molecular weight excluding hydrogens is 266 g/mol. The van der Waals surface area contributed by atoms with Crippen molar-refractivity contribution in [2.75, 3.05) is 12.4 Å². The minimum absolute atomic E-state index is 0.632. The molecule has 2 aromatic carbocycles. The van der Waals surface area contributed by atoms with Crippen LogP contribution in [0.15, 0.2) is 53.9 Å². The molecule has 0 saturated carbocycles. The van der Waals surface area contributed by atoms with Gasteiger partial charge in [-0.15, -0.1) is 11.3 Å². The lowest BCUT2D eigenvalue weighted by Crippen LogP contribution is -2.02. The highest BCUT2D eigenvalue weighted by Gasteiger charge is 2.05. The molecule has 20 heavy (non-hydrogen) atoms. The highest BCUT2D eigenvalue weighted by molar-refractivity contribution is 7.17. The number of thiophene rings is 1. The average molecular weight is 283 g/mol. The van der Waals surface area contributed by atoms with Gasteiger partial charge >= 0.3 is 0 Å². The Hall–Kier alpha value is -1.84. The summed E-state index contributed by atoms with van der Waals surface area (Å²) in [5.41, 5.74) is 3.68. The molecular formula is C17H17NOS. The summed E-state index contributed by atoms with van der Waals surface area (Å²) in [6, 6.07) is 16.8. The zero-order valence-electron chi connectivity index (χ0n) is 11.4. The fourth-order valence-electron chi connectivity index (χ4n) is 2.33. The summed E-state index contributed by atoms with van der Waals surface area (Å²) in [7, 11) is 1.73. The summed E-state index contributed by atoms with van der Waals surface area (Å²) in [5.74, 6) is 0. The Balaban J connectivity index is 1.80. The molecule has 1 heterocycles. The molecule has 3 rings (SSSR count). The SMILES string of the molecule is COCc1ccccc1NCc1csc2ccccc12. The van der Waals surface area contributed by atoms with E-state index >= 15 is 0 Å². The van der Waals surface area contributed by atoms with Gasteiger partial charge in [0.25, 0.3) is 0 Å². The van der Waals surface area contributed by atoms with E-state index in [1.165, 1.54) is 21.2 Å². The summed E-state index contributed by atoms with van der Waals surface area (Å²) < 4.78 is 6.58. The fourth-order valence-corrected chi connectivity index (χ4v) is 3.30. The maximum atomic E-state index is 5.24. The molecule has 3 heteroatoms. The van der Waals surface area contributed by atoms with Crippen LogP contribution in [-0.4, -0.2) is 7.11 Å². The third kappa shape index (κ3) is 2.69. The van der Waals surface area contributed by atoms with Crippen LogP contribution in [0.3, 0.4) is 0 Å². The van der Waals surface area contributed by atoms with Crippen LogP contribution in [0.5, 0.6) is 0 Å². The van der Waals surface area contributed by atoms with E-state index < -0.39 is 0 Å². The molecule has 1 aromatic heterocycles. The minimum Gasteiger partial charge on any atom is -0.381 e. The summed E-state index contributed by atoms with van der Waals surface area (Å²) in [6.45, 7) is 1.47. The average Bonchev–Trinajstić information content (AvgIpc) is 2.90. The topological polar surface area (TPSA) is 21.3 Å². The first-order valence-electron chi connectivity index (χ1n) is 6.64. The monoisotopic (exact) mass is 283 g/mol. The van der Waals surface area contributed by atoms with Crippen molar-refractivity contribution in [3.05, 3.63) is 65.0 Å². The molecule has 0 bridgehead atoms. The number of para-hydroxylation sites is 1. The van der Waals surface area contributed by atoms with Crippen molar-refractivity contribution in [2.45, 2.75) is 13.2 Å². The molecule has 1 N–H and O–H groups in total. The van der Waals surface area contributed by atoms with E-state index in [1.807, 2.05) is 12.1 Å². The summed E-state index contributed by atoms with van der Waals surface area (Å²) in [6.07, 6.45) is 0. The van der Waals surface area contributed by atoms with Gasteiger partial charge in [-0.25, -0.2) is 0 Å². The van der Waals surface area contributed by atoms with Crippen molar-refractivity contribution < 1.29 is 4.74 Å². The van der Waals surface area contributed by atoms with E-state index in [4.69, 9.17) is 4.74 Å². The normalized spacial score (nSPS) is 10.8. The van der Waals surface area contributed by atoms with Crippen LogP contribution in [0, 0.1) is 0 Å². The molecule has 3 aromatic rings. The fraction of sp³-hybridized carbons (Fsp3) is 0.176. The van der Waals surface area contributed by atoms with E-state index in [0.29, 0.717) is 6.61 Å². The molecule has 0 radical (unpaired) electrons. The van der Waals surface area contributed by atoms with Gasteiger partial charge in [0.1, 0.15) is 0 Å². The first-order chi connectivity index (χ1) is 9.88. The smallest absolute Gasteiger partial charge is 0.0733 e. The first-order valence-corrected chi connectivity index (χ1v) is 7.52. The second-order valence-electron chi connectivity index (χ2n) is 4.70. The van der Waals surface area contributed by atoms with Crippen molar-refractivity contribution in [2.24, 2.45) is 0 Å². The minimum atomic E-state index is 0.632. The van der Waals surface area contributed by atoms with E-state index in [0.717, 1.165) is 12.2 Å². The Morgan fingerprint density at radius 2 is 1.80 bits per heavy atom. The predicted octanol–water partition coefficient (Wildman–Crippen LogP) is 4.66. The highest BCUT2D eigenvalue weighted by Crippen LogP contribution is 2.26. The van der Waals surface area contributed by atoms with Gasteiger partial charge in [0, 0.05) is 29.6 Å². The van der Waals surface area contributed by atoms with Crippen molar-refractivity contribution in [1.29, 1.82) is 0 Å². The number of hydrogen-bond acceptors (Lipinski definition) is 3. The lowest BCUT2D eigenvalue weighted by molar-refractivity contribution is 0.185. The molecule has 102 valence electrons. The predicted molar refractivity (Wildman–Crippen MR) is 86.3 cm³/mol. The standard InChI is InChI=1S/C17H17NOS/c1-19-11-13-6-2-4-8-16(13)18-10-14-12-20-17-9-5-3-7-15(14)17/h2-9,12,18H,10-11H2,1H3. The first kappa shape index (κ1) is 13.2. The van der Waals surface area contributed by atoms with Crippen molar-refractivity contribution in [3.63, 3.8) is 0 Å². The Bertz CT molecular complexity index is 705. The third-order valence-electron chi connectivity index (χ3n) is 3.35. The lowest BCUT2D eigenvalue weighted by Gasteiger charge is -2.11. The zero-order chi connectivity index (χ0) is 13.8. The van der Waals surface area contributed by atoms with Crippen molar-refractivity contribution >= 4 is 27.1 Å². The second kappa shape index (κ2) is 6.07. The van der Waals surface area contributed by atoms with Gasteiger partial charge in [-0.05, 0) is 28.5 Å². The maximum absolute atomic E-state index is 5.24. The number of nitrogens with one attached hydrogen (secondary N) is 1. The van der Waals surface area contributed by atoms with Gasteiger partial charge in [-0.2, -0.15) is 0 Å². The largest absolute Gasteiger partial charge is 0.381 e. The van der Waals surface area contributed by atoms with Crippen molar-refractivity contribution in [3.8, 4) is 0 Å². The second-order valence-corrected chi connectivity index (χ2v) is 5.61. The van der Waals surface area contributed by atoms with Crippen LogP contribution in [0.4, 0.5) is 5.69 Å². The molecule has 0 amide bonds. The summed E-state index contributed by atoms with van der Waals surface area (Å²) in [5, 5.41) is 7.09. The number of methoxy groups -OCH3 is 1. The molecule has 0 fully saturated rings. The molecule has 0 spiro atoms. The summed E-state index contributed by atoms with van der Waals surface area (Å²) >= 11 is 1.80. The number of ether oxygens (including phenoxy) is 1. The van der Waals surface area contributed by atoms with Gasteiger partial charge in [0.2, 0.25) is 0 Å². The number of rotatable bonds is 5. The zero-order valence-corrected chi connectivity index (χ0v) is 12.2. The van der Waals surface area contributed by atoms with E-state index in [9.17, 15) is 0 Å². The van der Waals surface area contributed by atoms with E-state index in [2.05, 4.69) is 47.1 Å². The van der Waals surface area contributed by atoms with Crippen LogP contribution in [0.25, 0.3) is 10.1 Å². The number of fused-ring (bicyclic) bond motifs is 1. The molecule has 0 aliphatic heterocycles. The van der Waals surface area contributed by atoms with Crippen LogP contribution in [0.1, 0.15) is 11.1 Å². The molecule has 0 unspecified atom stereocenters. The van der Waals surface area contributed by atoms with Crippen LogP contribution >= 0.6 is 11.3 Å². The van der Waals surface area contributed by atoms with Gasteiger partial charge in [-0.3, -0.25) is 0 Å². The Morgan fingerprint density at radius 3 is 2.70 bits per heavy atom. The number of hydrogen-bond donors (Lipinski definition) is 1. The Labute approximate surface area is 123 Å². The summed E-state index contributed by atoms with van der Waals surface area (Å²) in [4.78, 5) is 0. The van der Waals surface area contributed by atoms with Gasteiger partial charge < -0.3 is 10.1 Å². The molecule has 2 nitrogen and oxygen atoms in total. The van der Waals surface area contributed by atoms with Crippen LogP contribution < -0.4 is 5.32 Å². The molecule has 0 saturated heterocycles. The highest BCUT2D eigenvalue weighted by atomic mass is 32.1.